The van der Waals surface area contributed by atoms with E-state index in [1.54, 1.807) is 0 Å². The Bertz CT molecular complexity index is 319. The molecule has 0 aliphatic heterocycles. The average molecular weight is 205 g/mol. The molecule has 1 aromatic rings. The maximum absolute atomic E-state index is 11.8. The number of aromatic nitrogens is 1. The lowest BCUT2D eigenvalue weighted by Crippen LogP contribution is -1.97. The van der Waals surface area contributed by atoms with E-state index in [0.717, 1.165) is 6.07 Å². The third-order valence-electron chi connectivity index (χ3n) is 1.19. The second-order valence-electron chi connectivity index (χ2n) is 2.07. The van der Waals surface area contributed by atoms with Crippen molar-refractivity contribution in [2.24, 2.45) is 0 Å². The summed E-state index contributed by atoms with van der Waals surface area (Å²) >= 11 is 0.222. The van der Waals surface area contributed by atoms with E-state index in [-0.39, 0.29) is 22.4 Å². The normalized spacial score (nSPS) is 10.4. The van der Waals surface area contributed by atoms with Gasteiger partial charge < -0.3 is 5.11 Å². The molecule has 0 radical (unpaired) electrons. The van der Waals surface area contributed by atoms with Gasteiger partial charge in [-0.15, -0.1) is 0 Å². The predicted molar refractivity (Wildman–Crippen MR) is 43.1 cm³/mol. The fourth-order valence-corrected chi connectivity index (χ4v) is 1.20. The zero-order chi connectivity index (χ0) is 9.84. The number of carboxylic acid groups (broad SMARTS) is 1. The van der Waals surface area contributed by atoms with Crippen molar-refractivity contribution in [3.8, 4) is 0 Å². The molecule has 0 aliphatic rings. The van der Waals surface area contributed by atoms with E-state index >= 15 is 0 Å². The molecule has 1 heterocycles. The number of aromatic carboxylic acids is 1. The molecular weight excluding hydrogens is 200 g/mol. The lowest BCUT2D eigenvalue weighted by atomic mass is 10.3. The number of hydrogen-bond acceptors (Lipinski definition) is 3. The fourth-order valence-electron chi connectivity index (χ4n) is 0.698. The molecule has 0 amide bonds. The topological polar surface area (TPSA) is 50.2 Å². The third kappa shape index (κ3) is 2.98. The third-order valence-corrected chi connectivity index (χ3v) is 1.83. The summed E-state index contributed by atoms with van der Waals surface area (Å²) in [6, 6.07) is 2.36. The zero-order valence-electron chi connectivity index (χ0n) is 6.28. The van der Waals surface area contributed by atoms with E-state index in [9.17, 15) is 13.6 Å². The van der Waals surface area contributed by atoms with Gasteiger partial charge in [0.2, 0.25) is 0 Å². The van der Waals surface area contributed by atoms with Crippen LogP contribution in [0.3, 0.4) is 0 Å². The first-order valence-corrected chi connectivity index (χ1v) is 4.11. The number of pyridine rings is 1. The maximum Gasteiger partial charge on any atom is 0.335 e. The molecular formula is C7H5F2NO2S. The first-order valence-electron chi connectivity index (χ1n) is 3.24. The molecule has 0 bridgehead atoms. The summed E-state index contributed by atoms with van der Waals surface area (Å²) in [6.45, 7) is 0. The SMILES string of the molecule is O=C(O)c1ccnc(SC(F)F)c1. The molecule has 0 aromatic carbocycles. The van der Waals surface area contributed by atoms with Crippen LogP contribution in [0.4, 0.5) is 8.78 Å². The van der Waals surface area contributed by atoms with E-state index < -0.39 is 11.7 Å². The Balaban J connectivity index is 2.85. The molecule has 0 spiro atoms. The van der Waals surface area contributed by atoms with Crippen LogP contribution < -0.4 is 0 Å². The minimum absolute atomic E-state index is 0.00917. The van der Waals surface area contributed by atoms with Crippen molar-refractivity contribution in [3.05, 3.63) is 23.9 Å². The van der Waals surface area contributed by atoms with Crippen LogP contribution in [0.5, 0.6) is 0 Å². The van der Waals surface area contributed by atoms with E-state index in [2.05, 4.69) is 4.98 Å². The fraction of sp³-hybridized carbons (Fsp3) is 0.143. The van der Waals surface area contributed by atoms with E-state index in [4.69, 9.17) is 5.11 Å². The van der Waals surface area contributed by atoms with E-state index in [1.165, 1.54) is 12.3 Å². The summed E-state index contributed by atoms with van der Waals surface area (Å²) in [4.78, 5) is 14.0. The molecule has 0 saturated heterocycles. The highest BCUT2D eigenvalue weighted by atomic mass is 32.2. The van der Waals surface area contributed by atoms with Gasteiger partial charge in [0.05, 0.1) is 5.56 Å². The number of alkyl halides is 2. The predicted octanol–water partition coefficient (Wildman–Crippen LogP) is 2.09. The van der Waals surface area contributed by atoms with Crippen LogP contribution in [0.25, 0.3) is 0 Å². The first kappa shape index (κ1) is 9.91. The Kier molecular flexibility index (Phi) is 3.18. The number of nitrogens with zero attached hydrogens (tertiary/aromatic N) is 1. The molecule has 0 fully saturated rings. The number of halogens is 2. The lowest BCUT2D eigenvalue weighted by Gasteiger charge is -1.99. The molecule has 0 unspecified atom stereocenters. The van der Waals surface area contributed by atoms with Crippen LogP contribution in [-0.2, 0) is 0 Å². The average Bonchev–Trinajstić information content (AvgIpc) is 2.03. The van der Waals surface area contributed by atoms with Crippen LogP contribution >= 0.6 is 11.8 Å². The largest absolute Gasteiger partial charge is 0.478 e. The van der Waals surface area contributed by atoms with Crippen molar-refractivity contribution in [1.29, 1.82) is 0 Å². The zero-order valence-corrected chi connectivity index (χ0v) is 7.09. The van der Waals surface area contributed by atoms with Gasteiger partial charge in [-0.1, -0.05) is 0 Å². The molecule has 0 aliphatic carbocycles. The summed E-state index contributed by atoms with van der Waals surface area (Å²) in [5.74, 6) is -3.74. The Morgan fingerprint density at radius 3 is 2.85 bits per heavy atom. The minimum Gasteiger partial charge on any atom is -0.478 e. The van der Waals surface area contributed by atoms with Crippen molar-refractivity contribution in [2.45, 2.75) is 10.8 Å². The summed E-state index contributed by atoms with van der Waals surface area (Å²) in [5, 5.41) is 8.53. The van der Waals surface area contributed by atoms with Gasteiger partial charge in [0.1, 0.15) is 5.03 Å². The Hall–Kier alpha value is -1.17. The van der Waals surface area contributed by atoms with Crippen LogP contribution in [0, 0.1) is 0 Å². The van der Waals surface area contributed by atoms with Crippen molar-refractivity contribution in [2.75, 3.05) is 0 Å². The van der Waals surface area contributed by atoms with Gasteiger partial charge in [-0.3, -0.25) is 0 Å². The van der Waals surface area contributed by atoms with Gasteiger partial charge in [0.25, 0.3) is 5.76 Å². The monoisotopic (exact) mass is 205 g/mol. The summed E-state index contributed by atoms with van der Waals surface area (Å²) in [6.07, 6.45) is 1.19. The molecule has 1 rings (SSSR count). The summed E-state index contributed by atoms with van der Waals surface area (Å²) in [7, 11) is 0. The number of hydrogen-bond donors (Lipinski definition) is 1. The Morgan fingerprint density at radius 2 is 2.31 bits per heavy atom. The first-order chi connectivity index (χ1) is 6.09. The maximum atomic E-state index is 11.8. The van der Waals surface area contributed by atoms with Crippen molar-refractivity contribution >= 4 is 17.7 Å². The van der Waals surface area contributed by atoms with Crippen LogP contribution in [0.1, 0.15) is 10.4 Å². The Morgan fingerprint density at radius 1 is 1.62 bits per heavy atom. The van der Waals surface area contributed by atoms with Crippen LogP contribution in [-0.4, -0.2) is 21.8 Å². The standard InChI is InChI=1S/C7H5F2NO2S/c8-7(9)13-5-3-4(6(11)12)1-2-10-5/h1-3,7H,(H,11,12). The number of thioether (sulfide) groups is 1. The van der Waals surface area contributed by atoms with Crippen molar-refractivity contribution < 1.29 is 18.7 Å². The second-order valence-corrected chi connectivity index (χ2v) is 3.08. The van der Waals surface area contributed by atoms with E-state index in [1.807, 2.05) is 0 Å². The Labute approximate surface area is 76.8 Å². The molecule has 1 N–H and O–H groups in total. The molecule has 3 nitrogen and oxygen atoms in total. The molecule has 0 saturated carbocycles. The quantitative estimate of drug-likeness (QED) is 0.767. The minimum atomic E-state index is -2.59. The molecule has 13 heavy (non-hydrogen) atoms. The highest BCUT2D eigenvalue weighted by Crippen LogP contribution is 2.23. The van der Waals surface area contributed by atoms with Gasteiger partial charge in [0.15, 0.2) is 0 Å². The van der Waals surface area contributed by atoms with Crippen LogP contribution in [0.15, 0.2) is 23.4 Å². The number of carbonyl (C=O) groups is 1. The van der Waals surface area contributed by atoms with E-state index in [0.29, 0.717) is 0 Å². The van der Waals surface area contributed by atoms with Gasteiger partial charge in [-0.05, 0) is 23.9 Å². The van der Waals surface area contributed by atoms with Gasteiger partial charge in [-0.25, -0.2) is 9.78 Å². The van der Waals surface area contributed by atoms with Crippen molar-refractivity contribution in [1.82, 2.24) is 4.98 Å². The highest BCUT2D eigenvalue weighted by Gasteiger charge is 2.09. The number of carboxylic acids is 1. The summed E-state index contributed by atoms with van der Waals surface area (Å²) < 4.78 is 23.7. The number of rotatable bonds is 3. The van der Waals surface area contributed by atoms with Gasteiger partial charge in [-0.2, -0.15) is 8.78 Å². The van der Waals surface area contributed by atoms with Crippen molar-refractivity contribution in [3.63, 3.8) is 0 Å². The smallest absolute Gasteiger partial charge is 0.335 e. The highest BCUT2D eigenvalue weighted by molar-refractivity contribution is 7.99. The molecule has 70 valence electrons. The van der Waals surface area contributed by atoms with Gasteiger partial charge in [0, 0.05) is 6.20 Å². The lowest BCUT2D eigenvalue weighted by molar-refractivity contribution is 0.0696. The second kappa shape index (κ2) is 4.18. The molecule has 0 atom stereocenters. The van der Waals surface area contributed by atoms with Gasteiger partial charge >= 0.3 is 5.97 Å². The summed E-state index contributed by atoms with van der Waals surface area (Å²) in [5.41, 5.74) is -0.0434. The molecule has 6 heteroatoms. The van der Waals surface area contributed by atoms with Crippen LogP contribution in [0.2, 0.25) is 0 Å². The molecule has 1 aromatic heterocycles.